The van der Waals surface area contributed by atoms with E-state index in [4.69, 9.17) is 0 Å². The molecule has 0 saturated heterocycles. The van der Waals surface area contributed by atoms with Crippen LogP contribution in [0.3, 0.4) is 0 Å². The van der Waals surface area contributed by atoms with Gasteiger partial charge >= 0.3 is 0 Å². The van der Waals surface area contributed by atoms with Gasteiger partial charge < -0.3 is 0 Å². The fourth-order valence-electron chi connectivity index (χ4n) is 1.70. The van der Waals surface area contributed by atoms with Crippen molar-refractivity contribution in [2.24, 2.45) is 0 Å². The number of hydrogen-bond acceptors (Lipinski definition) is 2. The van der Waals surface area contributed by atoms with E-state index >= 15 is 0 Å². The van der Waals surface area contributed by atoms with Crippen molar-refractivity contribution in [3.63, 3.8) is 0 Å². The number of hydrogen-bond donors (Lipinski definition) is 0. The molecule has 0 bridgehead atoms. The smallest absolute Gasteiger partial charge is 0.0507 e. The second-order valence-corrected chi connectivity index (χ2v) is 7.50. The van der Waals surface area contributed by atoms with Crippen LogP contribution in [0.1, 0.15) is 32.0 Å². The van der Waals surface area contributed by atoms with Gasteiger partial charge in [0.25, 0.3) is 0 Å². The third kappa shape index (κ3) is 4.36. The molecule has 1 aromatic heterocycles. The minimum absolute atomic E-state index is 0.219. The number of nitrogens with zero attached hydrogens (tertiary/aromatic N) is 1. The number of rotatable bonds is 3. The Kier molecular flexibility index (Phi) is 4.69. The van der Waals surface area contributed by atoms with Crippen LogP contribution in [0.4, 0.5) is 0 Å². The lowest BCUT2D eigenvalue weighted by Gasteiger charge is -2.19. The monoisotopic (exact) mass is 335 g/mol. The molecule has 1 nitrogen and oxygen atoms in total. The van der Waals surface area contributed by atoms with Gasteiger partial charge in [0.05, 0.1) is 5.69 Å². The molecule has 0 aliphatic heterocycles. The molecular weight excluding hydrogens is 318 g/mol. The first-order valence-corrected chi connectivity index (χ1v) is 8.07. The highest BCUT2D eigenvalue weighted by atomic mass is 79.9. The van der Waals surface area contributed by atoms with Gasteiger partial charge in [-0.3, -0.25) is 4.98 Å². The molecule has 0 aliphatic rings. The Morgan fingerprint density at radius 2 is 1.74 bits per heavy atom. The van der Waals surface area contributed by atoms with E-state index in [2.05, 4.69) is 72.0 Å². The van der Waals surface area contributed by atoms with E-state index in [0.29, 0.717) is 0 Å². The Labute approximate surface area is 128 Å². The summed E-state index contributed by atoms with van der Waals surface area (Å²) in [7, 11) is 0. The molecule has 0 aliphatic carbocycles. The van der Waals surface area contributed by atoms with Crippen molar-refractivity contribution < 1.29 is 0 Å². The molecule has 0 fully saturated rings. The molecule has 0 atom stereocenters. The van der Waals surface area contributed by atoms with Crippen LogP contribution in [-0.4, -0.2) is 4.98 Å². The summed E-state index contributed by atoms with van der Waals surface area (Å²) in [5, 5.41) is 0. The quantitative estimate of drug-likeness (QED) is 0.693. The lowest BCUT2D eigenvalue weighted by atomic mass is 9.87. The fraction of sp³-hybridized carbons (Fsp3) is 0.312. The maximum absolute atomic E-state index is 4.38. The molecule has 0 saturated carbocycles. The van der Waals surface area contributed by atoms with Gasteiger partial charge in [-0.2, -0.15) is 0 Å². The Balaban J connectivity index is 1.98. The number of aromatic nitrogens is 1. The van der Waals surface area contributed by atoms with E-state index in [-0.39, 0.29) is 5.41 Å². The van der Waals surface area contributed by atoms with Crippen molar-refractivity contribution in [3.05, 3.63) is 58.3 Å². The molecule has 19 heavy (non-hydrogen) atoms. The molecule has 0 spiro atoms. The zero-order chi connectivity index (χ0) is 13.9. The average Bonchev–Trinajstić information content (AvgIpc) is 2.37. The summed E-state index contributed by atoms with van der Waals surface area (Å²) in [6.45, 7) is 6.71. The molecule has 0 unspecified atom stereocenters. The van der Waals surface area contributed by atoms with E-state index in [1.54, 1.807) is 0 Å². The Morgan fingerprint density at radius 1 is 1.05 bits per heavy atom. The molecule has 0 radical (unpaired) electrons. The predicted octanol–water partition coefficient (Wildman–Crippen LogP) is 5.43. The predicted molar refractivity (Wildman–Crippen MR) is 86.6 cm³/mol. The Bertz CT molecular complexity index is 526. The van der Waals surface area contributed by atoms with Gasteiger partial charge in [0, 0.05) is 21.3 Å². The molecule has 2 aromatic rings. The van der Waals surface area contributed by atoms with Gasteiger partial charge in [0.2, 0.25) is 0 Å². The zero-order valence-electron chi connectivity index (χ0n) is 11.5. The highest BCUT2D eigenvalue weighted by molar-refractivity contribution is 9.10. The highest BCUT2D eigenvalue weighted by Gasteiger charge is 2.12. The maximum atomic E-state index is 4.38. The largest absolute Gasteiger partial charge is 0.259 e. The van der Waals surface area contributed by atoms with Gasteiger partial charge in [-0.25, -0.2) is 0 Å². The first-order valence-electron chi connectivity index (χ1n) is 6.29. The maximum Gasteiger partial charge on any atom is 0.0507 e. The summed E-state index contributed by atoms with van der Waals surface area (Å²) >= 11 is 5.22. The van der Waals surface area contributed by atoms with E-state index in [1.807, 2.05) is 24.0 Å². The van der Waals surface area contributed by atoms with Crippen molar-refractivity contribution in [2.75, 3.05) is 0 Å². The third-order valence-corrected chi connectivity index (χ3v) is 4.41. The van der Waals surface area contributed by atoms with Crippen molar-refractivity contribution >= 4 is 27.7 Å². The van der Waals surface area contributed by atoms with E-state index in [1.165, 1.54) is 10.5 Å². The van der Waals surface area contributed by atoms with Gasteiger partial charge in [-0.15, -0.1) is 11.8 Å². The summed E-state index contributed by atoms with van der Waals surface area (Å²) in [5.74, 6) is 0.905. The Morgan fingerprint density at radius 3 is 2.26 bits per heavy atom. The number of pyridine rings is 1. The van der Waals surface area contributed by atoms with Crippen molar-refractivity contribution in [1.82, 2.24) is 4.98 Å². The van der Waals surface area contributed by atoms with Crippen molar-refractivity contribution in [1.29, 1.82) is 0 Å². The van der Waals surface area contributed by atoms with Crippen LogP contribution in [0.2, 0.25) is 0 Å². The SMILES string of the molecule is CC(C)(C)c1ccc(SCc2ccc(Br)cn2)cc1. The van der Waals surface area contributed by atoms with Crippen LogP contribution in [0.15, 0.2) is 52.0 Å². The standard InChI is InChI=1S/C16H18BrNS/c1-16(2,3)12-4-8-15(9-5-12)19-11-14-7-6-13(17)10-18-14/h4-10H,11H2,1-3H3. The van der Waals surface area contributed by atoms with Crippen LogP contribution < -0.4 is 0 Å². The number of benzene rings is 1. The van der Waals surface area contributed by atoms with Crippen LogP contribution in [0.5, 0.6) is 0 Å². The lowest BCUT2D eigenvalue weighted by molar-refractivity contribution is 0.590. The third-order valence-electron chi connectivity index (χ3n) is 2.90. The molecule has 1 heterocycles. The molecule has 0 amide bonds. The minimum atomic E-state index is 0.219. The minimum Gasteiger partial charge on any atom is -0.259 e. The second-order valence-electron chi connectivity index (χ2n) is 5.53. The van der Waals surface area contributed by atoms with Gasteiger partial charge in [-0.05, 0) is 51.2 Å². The first-order chi connectivity index (χ1) is 8.95. The number of halogens is 1. The summed E-state index contributed by atoms with van der Waals surface area (Å²) < 4.78 is 1.02. The van der Waals surface area contributed by atoms with Crippen molar-refractivity contribution in [3.8, 4) is 0 Å². The molecular formula is C16H18BrNS. The molecule has 2 rings (SSSR count). The van der Waals surface area contributed by atoms with Crippen molar-refractivity contribution in [2.45, 2.75) is 36.8 Å². The Hall–Kier alpha value is -0.800. The van der Waals surface area contributed by atoms with Crippen LogP contribution >= 0.6 is 27.7 Å². The summed E-state index contributed by atoms with van der Waals surface area (Å²) in [6.07, 6.45) is 1.85. The summed E-state index contributed by atoms with van der Waals surface area (Å²) in [4.78, 5) is 5.67. The molecule has 3 heteroatoms. The van der Waals surface area contributed by atoms with Crippen LogP contribution in [0.25, 0.3) is 0 Å². The molecule has 0 N–H and O–H groups in total. The summed E-state index contributed by atoms with van der Waals surface area (Å²) in [5.41, 5.74) is 2.70. The molecule has 1 aromatic carbocycles. The first kappa shape index (κ1) is 14.6. The second kappa shape index (κ2) is 6.10. The van der Waals surface area contributed by atoms with Gasteiger partial charge in [-0.1, -0.05) is 32.9 Å². The van der Waals surface area contributed by atoms with Gasteiger partial charge in [0.1, 0.15) is 0 Å². The lowest BCUT2D eigenvalue weighted by Crippen LogP contribution is -2.10. The average molecular weight is 336 g/mol. The topological polar surface area (TPSA) is 12.9 Å². The van der Waals surface area contributed by atoms with E-state index in [0.717, 1.165) is 15.9 Å². The number of thioether (sulfide) groups is 1. The normalized spacial score (nSPS) is 11.6. The fourth-order valence-corrected chi connectivity index (χ4v) is 2.75. The van der Waals surface area contributed by atoms with E-state index < -0.39 is 0 Å². The highest BCUT2D eigenvalue weighted by Crippen LogP contribution is 2.27. The van der Waals surface area contributed by atoms with Crippen LogP contribution in [0, 0.1) is 0 Å². The van der Waals surface area contributed by atoms with E-state index in [9.17, 15) is 0 Å². The summed E-state index contributed by atoms with van der Waals surface area (Å²) in [6, 6.07) is 12.9. The van der Waals surface area contributed by atoms with Crippen LogP contribution in [-0.2, 0) is 11.2 Å². The van der Waals surface area contributed by atoms with Gasteiger partial charge in [0.15, 0.2) is 0 Å². The zero-order valence-corrected chi connectivity index (χ0v) is 13.9. The molecule has 100 valence electrons.